The second kappa shape index (κ2) is 2.69. The van der Waals surface area contributed by atoms with E-state index in [1.165, 1.54) is 0 Å². The third-order valence-corrected chi connectivity index (χ3v) is 3.04. The largest absolute Gasteiger partial charge is 0.298 e. The van der Waals surface area contributed by atoms with Gasteiger partial charge in [-0.05, 0) is 0 Å². The summed E-state index contributed by atoms with van der Waals surface area (Å²) in [6.07, 6.45) is 12.2. The van der Waals surface area contributed by atoms with Crippen molar-refractivity contribution in [2.45, 2.75) is 13.8 Å². The highest BCUT2D eigenvalue weighted by Gasteiger charge is 2.39. The first-order chi connectivity index (χ1) is 6.12. The summed E-state index contributed by atoms with van der Waals surface area (Å²) in [7, 11) is 0. The summed E-state index contributed by atoms with van der Waals surface area (Å²) in [6, 6.07) is 0. The van der Waals surface area contributed by atoms with E-state index >= 15 is 0 Å². The highest BCUT2D eigenvalue weighted by molar-refractivity contribution is 5.91. The van der Waals surface area contributed by atoms with Gasteiger partial charge in [-0.1, -0.05) is 50.3 Å². The first-order valence-electron chi connectivity index (χ1n) is 4.70. The van der Waals surface area contributed by atoms with Crippen molar-refractivity contribution in [3.05, 3.63) is 36.5 Å². The van der Waals surface area contributed by atoms with Crippen LogP contribution in [0.3, 0.4) is 0 Å². The Hall–Kier alpha value is -1.11. The van der Waals surface area contributed by atoms with E-state index in [1.54, 1.807) is 0 Å². The van der Waals surface area contributed by atoms with Gasteiger partial charge in [0.2, 0.25) is 0 Å². The predicted octanol–water partition coefficient (Wildman–Crippen LogP) is 2.51. The maximum Gasteiger partial charge on any atom is 0.149 e. The molecule has 0 spiro atoms. The fourth-order valence-corrected chi connectivity index (χ4v) is 1.99. The van der Waals surface area contributed by atoms with Crippen LogP contribution in [0.15, 0.2) is 36.5 Å². The van der Waals surface area contributed by atoms with Gasteiger partial charge < -0.3 is 0 Å². The molecule has 1 heteroatoms. The van der Waals surface area contributed by atoms with E-state index in [-0.39, 0.29) is 17.3 Å². The molecule has 0 aromatic carbocycles. The number of hydrogen-bond acceptors (Lipinski definition) is 1. The van der Waals surface area contributed by atoms with Crippen LogP contribution in [0.5, 0.6) is 0 Å². The smallest absolute Gasteiger partial charge is 0.149 e. The van der Waals surface area contributed by atoms with Gasteiger partial charge in [0.1, 0.15) is 5.78 Å². The Bertz CT molecular complexity index is 318. The summed E-state index contributed by atoms with van der Waals surface area (Å²) in [6.45, 7) is 4.06. The minimum absolute atomic E-state index is 0.00352. The monoisotopic (exact) mass is 174 g/mol. The van der Waals surface area contributed by atoms with E-state index in [0.29, 0.717) is 5.78 Å². The number of ketones is 1. The molecule has 0 saturated heterocycles. The Labute approximate surface area is 78.8 Å². The van der Waals surface area contributed by atoms with Gasteiger partial charge in [-0.15, -0.1) is 0 Å². The summed E-state index contributed by atoms with van der Waals surface area (Å²) in [5.41, 5.74) is -0.235. The van der Waals surface area contributed by atoms with E-state index in [1.807, 2.05) is 38.2 Å². The SMILES string of the molecule is CC1(C)C(=O)[C@H]2C=C[C@@H]1C=C/C=C\2. The van der Waals surface area contributed by atoms with Gasteiger partial charge in [-0.25, -0.2) is 0 Å². The Kier molecular flexibility index (Phi) is 1.76. The molecule has 0 heterocycles. The van der Waals surface area contributed by atoms with Crippen LogP contribution in [0, 0.1) is 17.3 Å². The predicted molar refractivity (Wildman–Crippen MR) is 53.2 cm³/mol. The molecule has 0 unspecified atom stereocenters. The number of hydrogen-bond donors (Lipinski definition) is 0. The fourth-order valence-electron chi connectivity index (χ4n) is 1.99. The molecule has 2 bridgehead atoms. The summed E-state index contributed by atoms with van der Waals surface area (Å²) < 4.78 is 0. The summed E-state index contributed by atoms with van der Waals surface area (Å²) in [4.78, 5) is 11.9. The van der Waals surface area contributed by atoms with Crippen molar-refractivity contribution < 1.29 is 4.79 Å². The summed E-state index contributed by atoms with van der Waals surface area (Å²) in [5, 5.41) is 0. The van der Waals surface area contributed by atoms with Crippen molar-refractivity contribution in [3.8, 4) is 0 Å². The lowest BCUT2D eigenvalue weighted by Crippen LogP contribution is -2.38. The number of fused-ring (bicyclic) bond motifs is 2. The quantitative estimate of drug-likeness (QED) is 0.516. The van der Waals surface area contributed by atoms with Gasteiger partial charge in [0.15, 0.2) is 0 Å². The molecule has 3 aliphatic carbocycles. The third kappa shape index (κ3) is 1.19. The molecule has 3 rings (SSSR count). The van der Waals surface area contributed by atoms with Gasteiger partial charge >= 0.3 is 0 Å². The Morgan fingerprint density at radius 3 is 2.54 bits per heavy atom. The summed E-state index contributed by atoms with van der Waals surface area (Å²) in [5.74, 6) is 0.595. The van der Waals surface area contributed by atoms with Gasteiger partial charge in [0.25, 0.3) is 0 Å². The van der Waals surface area contributed by atoms with Crippen molar-refractivity contribution in [3.63, 3.8) is 0 Å². The number of allylic oxidation sites excluding steroid dienone is 6. The Balaban J connectivity index is 2.51. The lowest BCUT2D eigenvalue weighted by molar-refractivity contribution is -0.130. The number of carbonyl (C=O) groups is 1. The van der Waals surface area contributed by atoms with Crippen LogP contribution in [-0.4, -0.2) is 5.78 Å². The van der Waals surface area contributed by atoms with E-state index in [2.05, 4.69) is 12.2 Å². The molecule has 68 valence electrons. The zero-order valence-electron chi connectivity index (χ0n) is 8.03. The van der Waals surface area contributed by atoms with Gasteiger partial charge in [0.05, 0.1) is 5.92 Å². The zero-order valence-corrected chi connectivity index (χ0v) is 8.03. The molecule has 3 aliphatic rings. The second-order valence-corrected chi connectivity index (χ2v) is 4.29. The van der Waals surface area contributed by atoms with Crippen molar-refractivity contribution >= 4 is 5.78 Å². The van der Waals surface area contributed by atoms with Gasteiger partial charge in [-0.2, -0.15) is 0 Å². The molecule has 0 saturated carbocycles. The maximum absolute atomic E-state index is 11.9. The molecular formula is C12H14O. The van der Waals surface area contributed by atoms with Crippen molar-refractivity contribution in [1.29, 1.82) is 0 Å². The highest BCUT2D eigenvalue weighted by Crippen LogP contribution is 2.38. The van der Waals surface area contributed by atoms with Crippen LogP contribution in [0.4, 0.5) is 0 Å². The lowest BCUT2D eigenvalue weighted by atomic mass is 9.67. The van der Waals surface area contributed by atoms with Crippen molar-refractivity contribution in [2.24, 2.45) is 17.3 Å². The third-order valence-electron chi connectivity index (χ3n) is 3.04. The highest BCUT2D eigenvalue weighted by atomic mass is 16.1. The zero-order chi connectivity index (χ0) is 9.47. The molecule has 0 aliphatic heterocycles. The topological polar surface area (TPSA) is 17.1 Å². The molecule has 0 aromatic rings. The molecule has 0 aromatic heterocycles. The van der Waals surface area contributed by atoms with E-state index in [4.69, 9.17) is 0 Å². The normalized spacial score (nSPS) is 37.2. The average molecular weight is 174 g/mol. The molecule has 0 radical (unpaired) electrons. The molecular weight excluding hydrogens is 160 g/mol. The first-order valence-corrected chi connectivity index (χ1v) is 4.70. The van der Waals surface area contributed by atoms with Crippen molar-refractivity contribution in [1.82, 2.24) is 0 Å². The maximum atomic E-state index is 11.9. The lowest BCUT2D eigenvalue weighted by Gasteiger charge is -2.35. The van der Waals surface area contributed by atoms with Gasteiger partial charge in [0, 0.05) is 11.3 Å². The molecule has 0 N–H and O–H groups in total. The van der Waals surface area contributed by atoms with Crippen LogP contribution in [0.1, 0.15) is 13.8 Å². The minimum atomic E-state index is -0.235. The summed E-state index contributed by atoms with van der Waals surface area (Å²) >= 11 is 0. The van der Waals surface area contributed by atoms with Crippen LogP contribution in [0.25, 0.3) is 0 Å². The average Bonchev–Trinajstić information content (AvgIpc) is 2.00. The molecule has 0 fully saturated rings. The molecule has 1 nitrogen and oxygen atoms in total. The van der Waals surface area contributed by atoms with Crippen LogP contribution >= 0.6 is 0 Å². The first kappa shape index (κ1) is 8.49. The number of Topliss-reactive ketones (excluding diaryl/α,β-unsaturated/α-hetero) is 1. The standard InChI is InChI=1S/C12H14O/c1-12(2)10-6-4-3-5-9(7-8-10)11(12)13/h3-10H,1-2H3/b5-3-,6-4?/t9-,10+/m1/s1. The molecule has 13 heavy (non-hydrogen) atoms. The molecule has 2 atom stereocenters. The van der Waals surface area contributed by atoms with Crippen LogP contribution in [-0.2, 0) is 4.79 Å². The van der Waals surface area contributed by atoms with E-state index < -0.39 is 0 Å². The fraction of sp³-hybridized carbons (Fsp3) is 0.417. The van der Waals surface area contributed by atoms with Crippen LogP contribution < -0.4 is 0 Å². The van der Waals surface area contributed by atoms with E-state index in [0.717, 1.165) is 0 Å². The Morgan fingerprint density at radius 2 is 1.77 bits per heavy atom. The second-order valence-electron chi connectivity index (χ2n) is 4.29. The van der Waals surface area contributed by atoms with Crippen LogP contribution in [0.2, 0.25) is 0 Å². The Morgan fingerprint density at radius 1 is 1.08 bits per heavy atom. The molecule has 0 amide bonds. The minimum Gasteiger partial charge on any atom is -0.298 e. The van der Waals surface area contributed by atoms with Crippen molar-refractivity contribution in [2.75, 3.05) is 0 Å². The number of rotatable bonds is 0. The van der Waals surface area contributed by atoms with Gasteiger partial charge in [-0.3, -0.25) is 4.79 Å². The number of carbonyl (C=O) groups excluding carboxylic acids is 1. The van der Waals surface area contributed by atoms with E-state index in [9.17, 15) is 4.79 Å².